The first-order valence-electron chi connectivity index (χ1n) is 5.87. The molecule has 0 spiro atoms. The molecule has 86 valence electrons. The second kappa shape index (κ2) is 4.05. The molecule has 0 aliphatic heterocycles. The Hall–Kier alpha value is -2.53. The number of nitrogens with zero attached hydrogens (tertiary/aromatic N) is 2. The van der Waals surface area contributed by atoms with Crippen molar-refractivity contribution in [2.45, 2.75) is 6.92 Å². The van der Waals surface area contributed by atoms with Crippen LogP contribution in [0.4, 0.5) is 0 Å². The van der Waals surface area contributed by atoms with Gasteiger partial charge in [0.1, 0.15) is 6.07 Å². The van der Waals surface area contributed by atoms with Crippen LogP contribution in [0.5, 0.6) is 0 Å². The molecular formula is C16H12N2. The predicted octanol–water partition coefficient (Wildman–Crippen LogP) is 3.81. The minimum atomic E-state index is 0.691. The van der Waals surface area contributed by atoms with Gasteiger partial charge in [-0.1, -0.05) is 24.3 Å². The summed E-state index contributed by atoms with van der Waals surface area (Å²) in [7, 11) is 0. The van der Waals surface area contributed by atoms with Crippen molar-refractivity contribution in [3.8, 4) is 11.8 Å². The van der Waals surface area contributed by atoms with Gasteiger partial charge in [-0.2, -0.15) is 5.26 Å². The fourth-order valence-electron chi connectivity index (χ4n) is 2.31. The van der Waals surface area contributed by atoms with Gasteiger partial charge in [0.2, 0.25) is 0 Å². The Morgan fingerprint density at radius 3 is 2.67 bits per heavy atom. The molecule has 1 aromatic heterocycles. The molecule has 0 unspecified atom stereocenters. The Morgan fingerprint density at radius 2 is 1.83 bits per heavy atom. The van der Waals surface area contributed by atoms with Gasteiger partial charge in [-0.05, 0) is 36.8 Å². The number of nitriles is 1. The molecule has 0 bridgehead atoms. The summed E-state index contributed by atoms with van der Waals surface area (Å²) in [5.74, 6) is 0. The van der Waals surface area contributed by atoms with Gasteiger partial charge in [0.05, 0.1) is 16.8 Å². The molecule has 0 aliphatic rings. The fourth-order valence-corrected chi connectivity index (χ4v) is 2.31. The zero-order valence-corrected chi connectivity index (χ0v) is 10.1. The van der Waals surface area contributed by atoms with Crippen molar-refractivity contribution in [1.82, 2.24) is 4.57 Å². The largest absolute Gasteiger partial charge is 0.315 e. The van der Waals surface area contributed by atoms with E-state index in [1.807, 2.05) is 36.5 Å². The Kier molecular flexibility index (Phi) is 2.39. The molecule has 0 atom stereocenters. The van der Waals surface area contributed by atoms with Gasteiger partial charge in [0, 0.05) is 11.6 Å². The van der Waals surface area contributed by atoms with E-state index in [2.05, 4.69) is 35.8 Å². The van der Waals surface area contributed by atoms with E-state index in [1.54, 1.807) is 0 Å². The summed E-state index contributed by atoms with van der Waals surface area (Å²) < 4.78 is 2.07. The number of fused-ring (bicyclic) bond motifs is 1. The first-order valence-corrected chi connectivity index (χ1v) is 5.87. The molecule has 0 radical (unpaired) electrons. The van der Waals surface area contributed by atoms with E-state index in [4.69, 9.17) is 0 Å². The number of rotatable bonds is 1. The Bertz CT molecular complexity index is 760. The van der Waals surface area contributed by atoms with Crippen LogP contribution < -0.4 is 0 Å². The first kappa shape index (κ1) is 10.6. The molecule has 0 N–H and O–H groups in total. The zero-order valence-electron chi connectivity index (χ0n) is 10.1. The van der Waals surface area contributed by atoms with Crippen LogP contribution >= 0.6 is 0 Å². The highest BCUT2D eigenvalue weighted by Crippen LogP contribution is 2.24. The van der Waals surface area contributed by atoms with E-state index in [0.29, 0.717) is 5.56 Å². The summed E-state index contributed by atoms with van der Waals surface area (Å²) in [4.78, 5) is 0. The third-order valence-corrected chi connectivity index (χ3v) is 3.23. The molecule has 0 amide bonds. The molecule has 0 saturated carbocycles. The van der Waals surface area contributed by atoms with Gasteiger partial charge in [0.25, 0.3) is 0 Å². The van der Waals surface area contributed by atoms with Crippen molar-refractivity contribution in [3.05, 3.63) is 65.9 Å². The lowest BCUT2D eigenvalue weighted by Gasteiger charge is -2.07. The van der Waals surface area contributed by atoms with E-state index in [-0.39, 0.29) is 0 Å². The van der Waals surface area contributed by atoms with E-state index >= 15 is 0 Å². The van der Waals surface area contributed by atoms with Crippen LogP contribution in [-0.2, 0) is 0 Å². The Balaban J connectivity index is 2.34. The third kappa shape index (κ3) is 1.49. The molecule has 2 nitrogen and oxygen atoms in total. The van der Waals surface area contributed by atoms with E-state index in [1.165, 1.54) is 10.9 Å². The Morgan fingerprint density at radius 1 is 1.00 bits per heavy atom. The highest BCUT2D eigenvalue weighted by atomic mass is 15.0. The van der Waals surface area contributed by atoms with Crippen molar-refractivity contribution < 1.29 is 0 Å². The van der Waals surface area contributed by atoms with Crippen LogP contribution in [0.3, 0.4) is 0 Å². The van der Waals surface area contributed by atoms with E-state index < -0.39 is 0 Å². The van der Waals surface area contributed by atoms with Crippen LogP contribution in [-0.4, -0.2) is 4.57 Å². The number of para-hydroxylation sites is 1. The maximum absolute atomic E-state index is 9.18. The average Bonchev–Trinajstić information content (AvgIpc) is 2.84. The molecular weight excluding hydrogens is 220 g/mol. The minimum Gasteiger partial charge on any atom is -0.315 e. The monoisotopic (exact) mass is 232 g/mol. The number of hydrogen-bond donors (Lipinski definition) is 0. The van der Waals surface area contributed by atoms with E-state index in [0.717, 1.165) is 11.2 Å². The number of benzene rings is 2. The molecule has 3 aromatic rings. The van der Waals surface area contributed by atoms with Crippen molar-refractivity contribution in [3.63, 3.8) is 0 Å². The Labute approximate surface area is 106 Å². The number of aryl methyl sites for hydroxylation is 1. The van der Waals surface area contributed by atoms with Gasteiger partial charge < -0.3 is 4.57 Å². The quantitative estimate of drug-likeness (QED) is 0.627. The van der Waals surface area contributed by atoms with Crippen molar-refractivity contribution in [1.29, 1.82) is 5.26 Å². The summed E-state index contributed by atoms with van der Waals surface area (Å²) in [5, 5.41) is 10.4. The summed E-state index contributed by atoms with van der Waals surface area (Å²) in [5.41, 5.74) is 4.01. The van der Waals surface area contributed by atoms with Crippen molar-refractivity contribution >= 4 is 10.9 Å². The average molecular weight is 232 g/mol. The topological polar surface area (TPSA) is 28.7 Å². The van der Waals surface area contributed by atoms with Gasteiger partial charge in [0.15, 0.2) is 0 Å². The van der Waals surface area contributed by atoms with Gasteiger partial charge >= 0.3 is 0 Å². The van der Waals surface area contributed by atoms with Crippen molar-refractivity contribution in [2.75, 3.05) is 0 Å². The van der Waals surface area contributed by atoms with E-state index in [9.17, 15) is 5.26 Å². The van der Waals surface area contributed by atoms with Crippen LogP contribution in [0, 0.1) is 18.3 Å². The lowest BCUT2D eigenvalue weighted by atomic mass is 10.1. The summed E-state index contributed by atoms with van der Waals surface area (Å²) in [6.07, 6.45) is 2.02. The second-order valence-electron chi connectivity index (χ2n) is 4.32. The molecule has 0 aliphatic carbocycles. The highest BCUT2D eigenvalue weighted by Gasteiger charge is 2.07. The van der Waals surface area contributed by atoms with Gasteiger partial charge in [-0.3, -0.25) is 0 Å². The van der Waals surface area contributed by atoms with Gasteiger partial charge in [-0.15, -0.1) is 0 Å². The molecule has 3 rings (SSSR count). The smallest absolute Gasteiger partial charge is 0.101 e. The molecule has 0 fully saturated rings. The molecule has 2 aromatic carbocycles. The molecule has 0 saturated heterocycles. The maximum atomic E-state index is 9.18. The minimum absolute atomic E-state index is 0.691. The zero-order chi connectivity index (χ0) is 12.5. The molecule has 18 heavy (non-hydrogen) atoms. The maximum Gasteiger partial charge on any atom is 0.101 e. The summed E-state index contributed by atoms with van der Waals surface area (Å²) in [6, 6.07) is 18.2. The van der Waals surface area contributed by atoms with Crippen LogP contribution in [0.15, 0.2) is 54.7 Å². The highest BCUT2D eigenvalue weighted by molar-refractivity contribution is 5.85. The second-order valence-corrected chi connectivity index (χ2v) is 4.32. The summed E-state index contributed by atoms with van der Waals surface area (Å²) in [6.45, 7) is 2.10. The third-order valence-electron chi connectivity index (χ3n) is 3.23. The SMILES string of the molecule is Cc1cccc2c1ccn2-c1ccccc1C#N. The van der Waals surface area contributed by atoms with Crippen LogP contribution in [0.2, 0.25) is 0 Å². The molecule has 2 heteroatoms. The molecule has 1 heterocycles. The van der Waals surface area contributed by atoms with Gasteiger partial charge in [-0.25, -0.2) is 0 Å². The number of hydrogen-bond acceptors (Lipinski definition) is 1. The normalized spacial score (nSPS) is 10.4. The van der Waals surface area contributed by atoms with Crippen LogP contribution in [0.1, 0.15) is 11.1 Å². The van der Waals surface area contributed by atoms with Crippen molar-refractivity contribution in [2.24, 2.45) is 0 Å². The number of aromatic nitrogens is 1. The standard InChI is InChI=1S/C16H12N2/c1-12-5-4-8-16-14(12)9-10-18(16)15-7-3-2-6-13(15)11-17/h2-10H,1H3. The fraction of sp³-hybridized carbons (Fsp3) is 0.0625. The predicted molar refractivity (Wildman–Crippen MR) is 72.7 cm³/mol. The lowest BCUT2D eigenvalue weighted by molar-refractivity contribution is 1.12. The lowest BCUT2D eigenvalue weighted by Crippen LogP contribution is -1.95. The summed E-state index contributed by atoms with van der Waals surface area (Å²) >= 11 is 0. The van der Waals surface area contributed by atoms with Crippen LogP contribution in [0.25, 0.3) is 16.6 Å². The first-order chi connectivity index (χ1) is 8.81.